The third-order valence-corrected chi connectivity index (χ3v) is 3.12. The monoisotopic (exact) mass is 253 g/mol. The molecule has 3 heterocycles. The van der Waals surface area contributed by atoms with Gasteiger partial charge in [0.2, 0.25) is 0 Å². The fraction of sp³-hybridized carbons (Fsp3) is 0.500. The molecule has 0 saturated carbocycles. The number of fused-ring (bicyclic) bond motifs is 1. The normalized spacial score (nSPS) is 21.1. The Morgan fingerprint density at radius 2 is 2.35 bits per heavy atom. The van der Waals surface area contributed by atoms with Crippen LogP contribution in [-0.4, -0.2) is 43.9 Å². The first-order chi connectivity index (χ1) is 8.24. The van der Waals surface area contributed by atoms with Crippen LogP contribution in [0.4, 0.5) is 5.82 Å². The molecular weight excluding hydrogens is 242 g/mol. The second-order valence-electron chi connectivity index (χ2n) is 4.15. The summed E-state index contributed by atoms with van der Waals surface area (Å²) < 4.78 is 1.64. The first-order valence-corrected chi connectivity index (χ1v) is 5.91. The van der Waals surface area contributed by atoms with Crippen LogP contribution in [0.15, 0.2) is 12.4 Å². The number of nitrogens with zero attached hydrogens (tertiary/aromatic N) is 5. The Hall–Kier alpha value is -1.40. The minimum Gasteiger partial charge on any atom is -0.391 e. The summed E-state index contributed by atoms with van der Waals surface area (Å²) >= 11 is 5.95. The fourth-order valence-electron chi connectivity index (χ4n) is 2.16. The molecule has 1 atom stereocenters. The lowest BCUT2D eigenvalue weighted by molar-refractivity contribution is 0.153. The summed E-state index contributed by atoms with van der Waals surface area (Å²) in [6, 6.07) is 1.75. The summed E-state index contributed by atoms with van der Waals surface area (Å²) in [4.78, 5) is 10.2. The van der Waals surface area contributed by atoms with E-state index in [0.29, 0.717) is 17.5 Å². The largest absolute Gasteiger partial charge is 0.391 e. The van der Waals surface area contributed by atoms with Crippen molar-refractivity contribution >= 4 is 23.2 Å². The van der Waals surface area contributed by atoms with Gasteiger partial charge in [-0.15, -0.1) is 0 Å². The Labute approximate surface area is 103 Å². The van der Waals surface area contributed by atoms with Crippen LogP contribution >= 0.6 is 11.6 Å². The number of aromatic nitrogens is 4. The second-order valence-corrected chi connectivity index (χ2v) is 4.54. The van der Waals surface area contributed by atoms with Crippen molar-refractivity contribution in [2.45, 2.75) is 18.9 Å². The van der Waals surface area contributed by atoms with Crippen molar-refractivity contribution in [3.8, 4) is 0 Å². The summed E-state index contributed by atoms with van der Waals surface area (Å²) in [7, 11) is 0. The lowest BCUT2D eigenvalue weighted by Crippen LogP contribution is -2.39. The van der Waals surface area contributed by atoms with Crippen LogP contribution in [0.3, 0.4) is 0 Å². The predicted molar refractivity (Wildman–Crippen MR) is 63.2 cm³/mol. The van der Waals surface area contributed by atoms with Crippen molar-refractivity contribution < 1.29 is 5.11 Å². The molecule has 6 nitrogen and oxygen atoms in total. The first-order valence-electron chi connectivity index (χ1n) is 5.53. The van der Waals surface area contributed by atoms with Crippen LogP contribution in [0.25, 0.3) is 5.78 Å². The predicted octanol–water partition coefficient (Wildman–Crippen LogP) is 0.739. The van der Waals surface area contributed by atoms with Crippen LogP contribution in [0.1, 0.15) is 12.8 Å². The third kappa shape index (κ3) is 1.94. The second kappa shape index (κ2) is 4.12. The summed E-state index contributed by atoms with van der Waals surface area (Å²) in [5, 5.41) is 14.2. The first kappa shape index (κ1) is 10.7. The SMILES string of the molecule is OC1CCCN(c2cc(Cl)nc3ncnn23)C1. The molecule has 3 rings (SSSR count). The van der Waals surface area contributed by atoms with Gasteiger partial charge < -0.3 is 10.0 Å². The molecule has 0 bridgehead atoms. The van der Waals surface area contributed by atoms with Gasteiger partial charge in [0.05, 0.1) is 6.10 Å². The van der Waals surface area contributed by atoms with Gasteiger partial charge >= 0.3 is 0 Å². The van der Waals surface area contributed by atoms with Gasteiger partial charge in [-0.1, -0.05) is 11.6 Å². The van der Waals surface area contributed by atoms with Gasteiger partial charge in [0.1, 0.15) is 17.3 Å². The summed E-state index contributed by atoms with van der Waals surface area (Å²) in [6.07, 6.45) is 2.95. The lowest BCUT2D eigenvalue weighted by atomic mass is 10.1. The van der Waals surface area contributed by atoms with Gasteiger partial charge in [0, 0.05) is 19.2 Å². The van der Waals surface area contributed by atoms with E-state index in [1.807, 2.05) is 0 Å². The Morgan fingerprint density at radius 1 is 1.47 bits per heavy atom. The quantitative estimate of drug-likeness (QED) is 0.760. The smallest absolute Gasteiger partial charge is 0.255 e. The van der Waals surface area contributed by atoms with E-state index in [0.717, 1.165) is 25.2 Å². The zero-order chi connectivity index (χ0) is 11.8. The Morgan fingerprint density at radius 3 is 3.18 bits per heavy atom. The molecule has 17 heavy (non-hydrogen) atoms. The van der Waals surface area contributed by atoms with Gasteiger partial charge in [0.25, 0.3) is 5.78 Å². The van der Waals surface area contributed by atoms with Gasteiger partial charge in [0.15, 0.2) is 0 Å². The van der Waals surface area contributed by atoms with Crippen molar-refractivity contribution in [3.05, 3.63) is 17.5 Å². The van der Waals surface area contributed by atoms with E-state index >= 15 is 0 Å². The molecule has 1 unspecified atom stereocenters. The van der Waals surface area contributed by atoms with Crippen molar-refractivity contribution in [2.75, 3.05) is 18.0 Å². The van der Waals surface area contributed by atoms with Gasteiger partial charge in [-0.2, -0.15) is 19.6 Å². The number of aliphatic hydroxyl groups is 1. The molecule has 1 N–H and O–H groups in total. The number of aliphatic hydroxyl groups excluding tert-OH is 1. The highest BCUT2D eigenvalue weighted by Gasteiger charge is 2.21. The minimum absolute atomic E-state index is 0.297. The van der Waals surface area contributed by atoms with Crippen LogP contribution in [-0.2, 0) is 0 Å². The summed E-state index contributed by atoms with van der Waals surface area (Å²) in [5.74, 6) is 1.31. The van der Waals surface area contributed by atoms with Crippen LogP contribution in [0, 0.1) is 0 Å². The number of hydrogen-bond acceptors (Lipinski definition) is 5. The van der Waals surface area contributed by atoms with Crippen LogP contribution in [0.5, 0.6) is 0 Å². The fourth-order valence-corrected chi connectivity index (χ4v) is 2.33. The number of anilines is 1. The van der Waals surface area contributed by atoms with E-state index < -0.39 is 0 Å². The highest BCUT2D eigenvalue weighted by atomic mass is 35.5. The maximum Gasteiger partial charge on any atom is 0.255 e. The molecule has 7 heteroatoms. The molecule has 0 radical (unpaired) electrons. The topological polar surface area (TPSA) is 66.5 Å². The molecule has 1 aliphatic rings. The third-order valence-electron chi connectivity index (χ3n) is 2.92. The molecule has 0 spiro atoms. The van der Waals surface area contributed by atoms with Crippen LogP contribution < -0.4 is 4.90 Å². The molecular formula is C10H12ClN5O. The maximum absolute atomic E-state index is 9.70. The molecule has 1 fully saturated rings. The standard InChI is InChI=1S/C10H12ClN5O/c11-8-4-9(15-3-1-2-7(17)5-15)16-10(14-8)12-6-13-16/h4,6-7,17H,1-3,5H2. The van der Waals surface area contributed by atoms with E-state index in [1.165, 1.54) is 6.33 Å². The Bertz CT molecular complexity index is 542. The van der Waals surface area contributed by atoms with E-state index in [1.54, 1.807) is 10.6 Å². The molecule has 90 valence electrons. The van der Waals surface area contributed by atoms with Crippen molar-refractivity contribution in [1.82, 2.24) is 19.6 Å². The number of halogens is 1. The van der Waals surface area contributed by atoms with Gasteiger partial charge in [-0.05, 0) is 12.8 Å². The van der Waals surface area contributed by atoms with E-state index in [2.05, 4.69) is 20.0 Å². The molecule has 0 aliphatic carbocycles. The number of piperidine rings is 1. The zero-order valence-electron chi connectivity index (χ0n) is 9.12. The Kier molecular flexibility index (Phi) is 2.60. The van der Waals surface area contributed by atoms with Crippen LogP contribution in [0.2, 0.25) is 5.15 Å². The molecule has 0 aromatic carbocycles. The number of β-amino-alcohol motifs (C(OH)–C–C–N with tert-alkyl or cyclic N) is 1. The van der Waals surface area contributed by atoms with E-state index in [-0.39, 0.29) is 6.10 Å². The molecule has 0 amide bonds. The molecule has 2 aromatic heterocycles. The highest BCUT2D eigenvalue weighted by molar-refractivity contribution is 6.29. The minimum atomic E-state index is -0.297. The number of hydrogen-bond donors (Lipinski definition) is 1. The zero-order valence-corrected chi connectivity index (χ0v) is 9.88. The van der Waals surface area contributed by atoms with E-state index in [4.69, 9.17) is 11.6 Å². The summed E-state index contributed by atoms with van der Waals surface area (Å²) in [6.45, 7) is 1.47. The van der Waals surface area contributed by atoms with Crippen molar-refractivity contribution in [2.24, 2.45) is 0 Å². The average molecular weight is 254 g/mol. The summed E-state index contributed by atoms with van der Waals surface area (Å²) in [5.41, 5.74) is 0. The number of rotatable bonds is 1. The van der Waals surface area contributed by atoms with Crippen molar-refractivity contribution in [1.29, 1.82) is 0 Å². The Balaban J connectivity index is 2.06. The molecule has 1 saturated heterocycles. The molecule has 2 aromatic rings. The average Bonchev–Trinajstić information content (AvgIpc) is 2.75. The van der Waals surface area contributed by atoms with Gasteiger partial charge in [-0.25, -0.2) is 0 Å². The highest BCUT2D eigenvalue weighted by Crippen LogP contribution is 2.22. The maximum atomic E-state index is 9.70. The van der Waals surface area contributed by atoms with Gasteiger partial charge in [-0.3, -0.25) is 0 Å². The lowest BCUT2D eigenvalue weighted by Gasteiger charge is -2.31. The van der Waals surface area contributed by atoms with E-state index in [9.17, 15) is 5.11 Å². The molecule has 1 aliphatic heterocycles. The van der Waals surface area contributed by atoms with Crippen molar-refractivity contribution in [3.63, 3.8) is 0 Å².